The lowest BCUT2D eigenvalue weighted by molar-refractivity contribution is 0.260. The van der Waals surface area contributed by atoms with E-state index in [4.69, 9.17) is 17.3 Å². The molecular formula is C13H17BrClN3. The number of nitrogens with zero attached hydrogens (tertiary/aromatic N) is 2. The third-order valence-electron chi connectivity index (χ3n) is 4.24. The molecule has 2 heterocycles. The molecule has 3 atom stereocenters. The number of nitrogens with two attached hydrogens (primary N) is 1. The van der Waals surface area contributed by atoms with Crippen molar-refractivity contribution in [2.24, 2.45) is 17.6 Å². The van der Waals surface area contributed by atoms with Gasteiger partial charge in [-0.3, -0.25) is 0 Å². The summed E-state index contributed by atoms with van der Waals surface area (Å²) in [6.45, 7) is 2.10. The number of hydrogen-bond donors (Lipinski definition) is 1. The molecule has 3 unspecified atom stereocenters. The second-order valence-electron chi connectivity index (χ2n) is 5.38. The van der Waals surface area contributed by atoms with E-state index in [0.717, 1.165) is 29.3 Å². The van der Waals surface area contributed by atoms with Crippen molar-refractivity contribution in [3.05, 3.63) is 21.8 Å². The van der Waals surface area contributed by atoms with E-state index in [9.17, 15) is 0 Å². The Labute approximate surface area is 121 Å². The van der Waals surface area contributed by atoms with Crippen LogP contribution < -0.4 is 10.6 Å². The van der Waals surface area contributed by atoms with E-state index < -0.39 is 0 Å². The van der Waals surface area contributed by atoms with E-state index in [1.54, 1.807) is 6.20 Å². The summed E-state index contributed by atoms with van der Waals surface area (Å²) in [5.74, 6) is 2.36. The van der Waals surface area contributed by atoms with Crippen LogP contribution in [0.5, 0.6) is 0 Å². The van der Waals surface area contributed by atoms with Gasteiger partial charge in [0.05, 0.1) is 9.50 Å². The fourth-order valence-electron chi connectivity index (χ4n) is 3.33. The lowest BCUT2D eigenvalue weighted by Crippen LogP contribution is -2.38. The van der Waals surface area contributed by atoms with E-state index in [1.165, 1.54) is 19.3 Å². The van der Waals surface area contributed by atoms with Crippen LogP contribution in [0.1, 0.15) is 19.3 Å². The number of pyridine rings is 1. The smallest absolute Gasteiger partial charge is 0.142 e. The summed E-state index contributed by atoms with van der Waals surface area (Å²) in [5.41, 5.74) is 6.24. The average Bonchev–Trinajstić information content (AvgIpc) is 2.74. The molecule has 0 aromatic carbocycles. The summed E-state index contributed by atoms with van der Waals surface area (Å²) in [6.07, 6.45) is 5.46. The molecule has 3 rings (SSSR count). The van der Waals surface area contributed by atoms with Crippen molar-refractivity contribution < 1.29 is 0 Å². The van der Waals surface area contributed by atoms with Crippen LogP contribution in [0.4, 0.5) is 5.82 Å². The van der Waals surface area contributed by atoms with Gasteiger partial charge in [0.1, 0.15) is 5.82 Å². The lowest BCUT2D eigenvalue weighted by atomic mass is 9.78. The van der Waals surface area contributed by atoms with Crippen molar-refractivity contribution in [1.29, 1.82) is 0 Å². The van der Waals surface area contributed by atoms with Gasteiger partial charge in [-0.25, -0.2) is 4.98 Å². The summed E-state index contributed by atoms with van der Waals surface area (Å²) < 4.78 is 0.974. The van der Waals surface area contributed by atoms with Gasteiger partial charge < -0.3 is 10.6 Å². The molecule has 0 bridgehead atoms. The molecule has 1 aromatic heterocycles. The topological polar surface area (TPSA) is 42.1 Å². The number of halogens is 2. The van der Waals surface area contributed by atoms with Gasteiger partial charge in [-0.1, -0.05) is 18.0 Å². The molecule has 2 N–H and O–H groups in total. The van der Waals surface area contributed by atoms with Crippen molar-refractivity contribution in [2.45, 2.75) is 25.3 Å². The molecule has 2 aliphatic rings. The zero-order chi connectivity index (χ0) is 12.7. The molecule has 18 heavy (non-hydrogen) atoms. The molecule has 2 fully saturated rings. The fraction of sp³-hybridized carbons (Fsp3) is 0.615. The van der Waals surface area contributed by atoms with Gasteiger partial charge in [0, 0.05) is 25.3 Å². The Morgan fingerprint density at radius 1 is 1.39 bits per heavy atom. The minimum atomic E-state index is 0.361. The Morgan fingerprint density at radius 3 is 2.94 bits per heavy atom. The Balaban J connectivity index is 1.82. The van der Waals surface area contributed by atoms with Gasteiger partial charge in [0.15, 0.2) is 0 Å². The van der Waals surface area contributed by atoms with Gasteiger partial charge in [0.25, 0.3) is 0 Å². The Bertz CT molecular complexity index is 454. The highest BCUT2D eigenvalue weighted by Crippen LogP contribution is 2.39. The maximum atomic E-state index is 6.24. The number of hydrogen-bond acceptors (Lipinski definition) is 3. The quantitative estimate of drug-likeness (QED) is 0.860. The van der Waals surface area contributed by atoms with Crippen LogP contribution in [-0.2, 0) is 0 Å². The monoisotopic (exact) mass is 329 g/mol. The molecule has 1 aromatic rings. The number of aromatic nitrogens is 1. The second-order valence-corrected chi connectivity index (χ2v) is 6.67. The van der Waals surface area contributed by atoms with E-state index >= 15 is 0 Å². The van der Waals surface area contributed by atoms with Crippen LogP contribution in [0.3, 0.4) is 0 Å². The largest absolute Gasteiger partial charge is 0.355 e. The first-order chi connectivity index (χ1) is 8.65. The van der Waals surface area contributed by atoms with Gasteiger partial charge in [-0.15, -0.1) is 0 Å². The second kappa shape index (κ2) is 4.99. The maximum absolute atomic E-state index is 6.24. The average molecular weight is 331 g/mol. The van der Waals surface area contributed by atoms with Crippen molar-refractivity contribution in [3.63, 3.8) is 0 Å². The van der Waals surface area contributed by atoms with Crippen LogP contribution in [-0.4, -0.2) is 24.1 Å². The molecule has 1 aliphatic heterocycles. The minimum Gasteiger partial charge on any atom is -0.355 e. The molecule has 98 valence electrons. The highest BCUT2D eigenvalue weighted by atomic mass is 79.9. The molecule has 1 saturated carbocycles. The first-order valence-electron chi connectivity index (χ1n) is 6.46. The van der Waals surface area contributed by atoms with Crippen molar-refractivity contribution in [2.75, 3.05) is 18.0 Å². The van der Waals surface area contributed by atoms with Crippen LogP contribution in [0.25, 0.3) is 0 Å². The Kier molecular flexibility index (Phi) is 3.52. The molecule has 0 amide bonds. The summed E-state index contributed by atoms with van der Waals surface area (Å²) >= 11 is 9.49. The van der Waals surface area contributed by atoms with Gasteiger partial charge in [-0.05, 0) is 46.7 Å². The Morgan fingerprint density at radius 2 is 2.22 bits per heavy atom. The number of rotatable bonds is 1. The Hall–Kier alpha value is -0.320. The van der Waals surface area contributed by atoms with E-state index in [1.807, 2.05) is 6.07 Å². The fourth-order valence-corrected chi connectivity index (χ4v) is 4.22. The minimum absolute atomic E-state index is 0.361. The van der Waals surface area contributed by atoms with Crippen LogP contribution in [0.15, 0.2) is 16.7 Å². The summed E-state index contributed by atoms with van der Waals surface area (Å²) in [6, 6.07) is 2.27. The van der Waals surface area contributed by atoms with Crippen molar-refractivity contribution in [1.82, 2.24) is 4.98 Å². The summed E-state index contributed by atoms with van der Waals surface area (Å²) in [5, 5.41) is 0.666. The zero-order valence-corrected chi connectivity index (χ0v) is 12.5. The molecule has 0 spiro atoms. The lowest BCUT2D eigenvalue weighted by Gasteiger charge is -2.29. The van der Waals surface area contributed by atoms with Crippen LogP contribution in [0.2, 0.25) is 5.02 Å². The van der Waals surface area contributed by atoms with E-state index in [2.05, 4.69) is 25.8 Å². The highest BCUT2D eigenvalue weighted by molar-refractivity contribution is 9.10. The predicted molar refractivity (Wildman–Crippen MR) is 78.0 cm³/mol. The first-order valence-corrected chi connectivity index (χ1v) is 7.64. The third-order valence-corrected chi connectivity index (χ3v) is 5.03. The summed E-state index contributed by atoms with van der Waals surface area (Å²) in [4.78, 5) is 6.80. The normalized spacial score (nSPS) is 31.5. The highest BCUT2D eigenvalue weighted by Gasteiger charge is 2.39. The van der Waals surface area contributed by atoms with Crippen molar-refractivity contribution in [3.8, 4) is 0 Å². The van der Waals surface area contributed by atoms with Gasteiger partial charge in [0.2, 0.25) is 0 Å². The van der Waals surface area contributed by atoms with E-state index in [0.29, 0.717) is 17.0 Å². The molecular weight excluding hydrogens is 314 g/mol. The molecule has 0 radical (unpaired) electrons. The van der Waals surface area contributed by atoms with Crippen LogP contribution >= 0.6 is 27.5 Å². The number of fused-ring (bicyclic) bond motifs is 1. The maximum Gasteiger partial charge on any atom is 0.142 e. The molecule has 1 aliphatic carbocycles. The van der Waals surface area contributed by atoms with Crippen molar-refractivity contribution >= 4 is 33.3 Å². The molecule has 5 heteroatoms. The SMILES string of the molecule is NC1CCCC2CN(c3ncc(Cl)cc3Br)CC12. The molecule has 1 saturated heterocycles. The first kappa shape index (κ1) is 12.7. The standard InChI is InChI=1S/C13H17BrClN3/c14-11-4-9(15)5-17-13(11)18-6-8-2-1-3-12(16)10(8)7-18/h4-5,8,10,12H,1-3,6-7,16H2. The predicted octanol–water partition coefficient (Wildman–Crippen LogP) is 3.06. The van der Waals surface area contributed by atoms with Gasteiger partial charge in [-0.2, -0.15) is 0 Å². The summed E-state index contributed by atoms with van der Waals surface area (Å²) in [7, 11) is 0. The zero-order valence-electron chi connectivity index (χ0n) is 10.1. The number of anilines is 1. The molecule has 3 nitrogen and oxygen atoms in total. The van der Waals surface area contributed by atoms with Gasteiger partial charge >= 0.3 is 0 Å². The van der Waals surface area contributed by atoms with E-state index in [-0.39, 0.29) is 0 Å². The third kappa shape index (κ3) is 2.26. The van der Waals surface area contributed by atoms with Crippen LogP contribution in [0, 0.1) is 11.8 Å².